The summed E-state index contributed by atoms with van der Waals surface area (Å²) >= 11 is 0. The van der Waals surface area contributed by atoms with Crippen molar-refractivity contribution in [2.24, 2.45) is 0 Å². The number of rotatable bonds is 3. The minimum atomic E-state index is -0.190. The Balaban J connectivity index is 2.58. The average molecular weight is 181 g/mol. The highest BCUT2D eigenvalue weighted by molar-refractivity contribution is 5.80. The molecule has 1 atom stereocenters. The van der Waals surface area contributed by atoms with Crippen molar-refractivity contribution in [1.29, 1.82) is 0 Å². The number of amides is 1. The van der Waals surface area contributed by atoms with Gasteiger partial charge in [-0.3, -0.25) is 4.79 Å². The van der Waals surface area contributed by atoms with E-state index in [1.807, 2.05) is 20.8 Å². The van der Waals surface area contributed by atoms with E-state index in [1.165, 1.54) is 0 Å². The van der Waals surface area contributed by atoms with E-state index in [-0.39, 0.29) is 18.0 Å². The third kappa shape index (κ3) is 2.57. The molecule has 0 saturated heterocycles. The van der Waals surface area contributed by atoms with E-state index in [0.717, 1.165) is 0 Å². The maximum atomic E-state index is 11.5. The molecule has 0 aliphatic rings. The maximum absolute atomic E-state index is 11.5. The van der Waals surface area contributed by atoms with Crippen LogP contribution >= 0.6 is 0 Å². The van der Waals surface area contributed by atoms with Crippen molar-refractivity contribution in [2.75, 3.05) is 0 Å². The predicted molar refractivity (Wildman–Crippen MR) is 50.2 cm³/mol. The summed E-state index contributed by atoms with van der Waals surface area (Å²) in [5.74, 6) is 0.0213. The van der Waals surface area contributed by atoms with Crippen LogP contribution < -0.4 is 5.32 Å². The Morgan fingerprint density at radius 3 is 2.62 bits per heavy atom. The number of carbonyl (C=O) groups is 1. The fourth-order valence-electron chi connectivity index (χ4n) is 1.04. The standard InChI is InChI=1S/C9H15N3O/c1-7(2)11-9(13)8(3)12-5-4-10-6-12/h4-8H,1-3H3,(H,11,13). The lowest BCUT2D eigenvalue weighted by Gasteiger charge is -2.15. The van der Waals surface area contributed by atoms with Gasteiger partial charge in [0.05, 0.1) is 6.33 Å². The average Bonchev–Trinajstić information content (AvgIpc) is 2.53. The Morgan fingerprint density at radius 2 is 2.15 bits per heavy atom. The molecular formula is C9H15N3O. The second-order valence-corrected chi connectivity index (χ2v) is 3.35. The number of aromatic nitrogens is 2. The third-order valence-electron chi connectivity index (χ3n) is 1.78. The van der Waals surface area contributed by atoms with Crippen molar-refractivity contribution in [3.05, 3.63) is 18.7 Å². The lowest BCUT2D eigenvalue weighted by atomic mass is 10.3. The highest BCUT2D eigenvalue weighted by Gasteiger charge is 2.13. The van der Waals surface area contributed by atoms with Crippen LogP contribution in [0.15, 0.2) is 18.7 Å². The number of imidazole rings is 1. The van der Waals surface area contributed by atoms with Gasteiger partial charge in [0.2, 0.25) is 5.91 Å². The van der Waals surface area contributed by atoms with E-state index in [4.69, 9.17) is 0 Å². The molecule has 1 N–H and O–H groups in total. The van der Waals surface area contributed by atoms with E-state index >= 15 is 0 Å². The highest BCUT2D eigenvalue weighted by atomic mass is 16.2. The van der Waals surface area contributed by atoms with Gasteiger partial charge >= 0.3 is 0 Å². The Morgan fingerprint density at radius 1 is 1.46 bits per heavy atom. The number of carbonyl (C=O) groups excluding carboxylic acids is 1. The van der Waals surface area contributed by atoms with Crippen molar-refractivity contribution in [1.82, 2.24) is 14.9 Å². The molecule has 0 spiro atoms. The van der Waals surface area contributed by atoms with Gasteiger partial charge in [0, 0.05) is 18.4 Å². The van der Waals surface area contributed by atoms with Gasteiger partial charge in [-0.1, -0.05) is 0 Å². The van der Waals surface area contributed by atoms with E-state index in [1.54, 1.807) is 23.3 Å². The van der Waals surface area contributed by atoms with Gasteiger partial charge < -0.3 is 9.88 Å². The molecule has 1 aromatic rings. The van der Waals surface area contributed by atoms with Gasteiger partial charge in [-0.25, -0.2) is 4.98 Å². The van der Waals surface area contributed by atoms with Crippen LogP contribution in [0, 0.1) is 0 Å². The minimum absolute atomic E-state index is 0.0213. The van der Waals surface area contributed by atoms with Gasteiger partial charge in [-0.15, -0.1) is 0 Å². The van der Waals surface area contributed by atoms with Crippen LogP contribution in [0.25, 0.3) is 0 Å². The summed E-state index contributed by atoms with van der Waals surface area (Å²) in [5, 5.41) is 2.84. The van der Waals surface area contributed by atoms with Crippen LogP contribution in [0.1, 0.15) is 26.8 Å². The summed E-state index contributed by atoms with van der Waals surface area (Å²) in [6, 6.07) is -0.0108. The Hall–Kier alpha value is -1.32. The maximum Gasteiger partial charge on any atom is 0.243 e. The molecule has 72 valence electrons. The number of nitrogens with zero attached hydrogens (tertiary/aromatic N) is 2. The fourth-order valence-corrected chi connectivity index (χ4v) is 1.04. The fraction of sp³-hybridized carbons (Fsp3) is 0.556. The topological polar surface area (TPSA) is 46.9 Å². The zero-order valence-electron chi connectivity index (χ0n) is 8.19. The molecule has 13 heavy (non-hydrogen) atoms. The molecule has 0 fully saturated rings. The van der Waals surface area contributed by atoms with Crippen LogP contribution in [0.3, 0.4) is 0 Å². The van der Waals surface area contributed by atoms with Crippen molar-refractivity contribution < 1.29 is 4.79 Å². The van der Waals surface area contributed by atoms with E-state index in [2.05, 4.69) is 10.3 Å². The normalized spacial score (nSPS) is 12.9. The first kappa shape index (κ1) is 9.77. The van der Waals surface area contributed by atoms with Crippen molar-refractivity contribution in [2.45, 2.75) is 32.9 Å². The molecule has 0 aliphatic carbocycles. The third-order valence-corrected chi connectivity index (χ3v) is 1.78. The van der Waals surface area contributed by atoms with Gasteiger partial charge in [0.15, 0.2) is 0 Å². The largest absolute Gasteiger partial charge is 0.352 e. The van der Waals surface area contributed by atoms with Gasteiger partial charge in [-0.2, -0.15) is 0 Å². The first-order chi connectivity index (χ1) is 6.11. The van der Waals surface area contributed by atoms with Gasteiger partial charge in [-0.05, 0) is 20.8 Å². The predicted octanol–water partition coefficient (Wildman–Crippen LogP) is 0.969. The lowest BCUT2D eigenvalue weighted by Crippen LogP contribution is -2.35. The SMILES string of the molecule is CC(C)NC(=O)C(C)n1ccnc1. The molecule has 1 rings (SSSR count). The molecule has 4 nitrogen and oxygen atoms in total. The van der Waals surface area contributed by atoms with Crippen LogP contribution in [0.4, 0.5) is 0 Å². The molecule has 0 aromatic carbocycles. The quantitative estimate of drug-likeness (QED) is 0.755. The Kier molecular flexibility index (Phi) is 3.06. The molecule has 0 bridgehead atoms. The summed E-state index contributed by atoms with van der Waals surface area (Å²) in [7, 11) is 0. The molecule has 4 heteroatoms. The first-order valence-corrected chi connectivity index (χ1v) is 4.39. The summed E-state index contributed by atoms with van der Waals surface area (Å²) in [5.41, 5.74) is 0. The monoisotopic (exact) mass is 181 g/mol. The second kappa shape index (κ2) is 4.07. The van der Waals surface area contributed by atoms with E-state index < -0.39 is 0 Å². The molecule has 0 saturated carbocycles. The number of hydrogen-bond acceptors (Lipinski definition) is 2. The summed E-state index contributed by atoms with van der Waals surface area (Å²) in [6.45, 7) is 5.73. The number of nitrogens with one attached hydrogen (secondary N) is 1. The van der Waals surface area contributed by atoms with E-state index in [9.17, 15) is 4.79 Å². The molecule has 1 aromatic heterocycles. The zero-order valence-corrected chi connectivity index (χ0v) is 8.19. The zero-order chi connectivity index (χ0) is 9.84. The van der Waals surface area contributed by atoms with Crippen molar-refractivity contribution in [3.63, 3.8) is 0 Å². The smallest absolute Gasteiger partial charge is 0.243 e. The summed E-state index contributed by atoms with van der Waals surface area (Å²) in [6.07, 6.45) is 5.09. The van der Waals surface area contributed by atoms with Crippen LogP contribution in [-0.2, 0) is 4.79 Å². The summed E-state index contributed by atoms with van der Waals surface area (Å²) < 4.78 is 1.78. The van der Waals surface area contributed by atoms with Gasteiger partial charge in [0.1, 0.15) is 6.04 Å². The van der Waals surface area contributed by atoms with Crippen molar-refractivity contribution in [3.8, 4) is 0 Å². The summed E-state index contributed by atoms with van der Waals surface area (Å²) in [4.78, 5) is 15.4. The van der Waals surface area contributed by atoms with Crippen LogP contribution in [0.2, 0.25) is 0 Å². The van der Waals surface area contributed by atoms with Gasteiger partial charge in [0.25, 0.3) is 0 Å². The van der Waals surface area contributed by atoms with E-state index in [0.29, 0.717) is 0 Å². The minimum Gasteiger partial charge on any atom is -0.352 e. The Labute approximate surface area is 78.0 Å². The van der Waals surface area contributed by atoms with Crippen molar-refractivity contribution >= 4 is 5.91 Å². The van der Waals surface area contributed by atoms with Crippen LogP contribution in [-0.4, -0.2) is 21.5 Å². The Bertz CT molecular complexity index is 266. The second-order valence-electron chi connectivity index (χ2n) is 3.35. The molecule has 1 heterocycles. The molecule has 0 radical (unpaired) electrons. The molecule has 1 amide bonds. The molecule has 1 unspecified atom stereocenters. The lowest BCUT2D eigenvalue weighted by molar-refractivity contribution is -0.124. The van der Waals surface area contributed by atoms with Crippen LogP contribution in [0.5, 0.6) is 0 Å². The molecule has 0 aliphatic heterocycles. The molecular weight excluding hydrogens is 166 g/mol. The highest BCUT2D eigenvalue weighted by Crippen LogP contribution is 2.04. The first-order valence-electron chi connectivity index (χ1n) is 4.39. The number of hydrogen-bond donors (Lipinski definition) is 1.